The minimum atomic E-state index is -2.81. The van der Waals surface area contributed by atoms with Crippen molar-refractivity contribution in [3.05, 3.63) is 23.0 Å². The summed E-state index contributed by atoms with van der Waals surface area (Å²) in [6, 6.07) is 1.31. The molecule has 0 aliphatic heterocycles. The zero-order chi connectivity index (χ0) is 11.6. The summed E-state index contributed by atoms with van der Waals surface area (Å²) in [5.74, 6) is -0.885. The molecule has 1 aromatic rings. The Hall–Kier alpha value is -1.72. The number of rotatable bonds is 3. The molecule has 2 N–H and O–H groups in total. The molecule has 0 aliphatic carbocycles. The Morgan fingerprint density at radius 2 is 2.20 bits per heavy atom. The quantitative estimate of drug-likeness (QED) is 0.831. The van der Waals surface area contributed by atoms with E-state index in [9.17, 15) is 13.6 Å². The fraction of sp³-hybridized carbons (Fsp3) is 0.333. The Kier molecular flexibility index (Phi) is 3.18. The molecule has 0 aliphatic rings. The van der Waals surface area contributed by atoms with Gasteiger partial charge in [0.1, 0.15) is 17.1 Å². The lowest BCUT2D eigenvalue weighted by Crippen LogP contribution is -2.16. The number of alkyl halides is 2. The maximum Gasteiger partial charge on any atom is 0.284 e. The van der Waals surface area contributed by atoms with Gasteiger partial charge in [0.2, 0.25) is 0 Å². The number of hydrogen-bond acceptors (Lipinski definition) is 3. The number of nitrogens with zero attached hydrogens (tertiary/aromatic N) is 1. The van der Waals surface area contributed by atoms with Crippen LogP contribution in [0, 0.1) is 6.92 Å². The third kappa shape index (κ3) is 2.20. The Balaban J connectivity index is 3.37. The van der Waals surface area contributed by atoms with Gasteiger partial charge in [0.25, 0.3) is 12.3 Å². The lowest BCUT2D eigenvalue weighted by Gasteiger charge is -2.09. The van der Waals surface area contributed by atoms with Crippen molar-refractivity contribution < 1.29 is 18.3 Å². The summed E-state index contributed by atoms with van der Waals surface area (Å²) in [5.41, 5.74) is 4.66. The van der Waals surface area contributed by atoms with Crippen molar-refractivity contribution in [3.63, 3.8) is 0 Å². The van der Waals surface area contributed by atoms with E-state index in [2.05, 4.69) is 4.98 Å². The minimum absolute atomic E-state index is 0.0486. The van der Waals surface area contributed by atoms with Crippen LogP contribution in [0.3, 0.4) is 0 Å². The second kappa shape index (κ2) is 4.20. The number of nitrogens with two attached hydrogens (primary N) is 1. The molecule has 1 amide bonds. The second-order valence-electron chi connectivity index (χ2n) is 2.91. The van der Waals surface area contributed by atoms with E-state index >= 15 is 0 Å². The third-order valence-corrected chi connectivity index (χ3v) is 1.87. The molecule has 1 aromatic heterocycles. The largest absolute Gasteiger partial charge is 0.495 e. The molecule has 0 saturated heterocycles. The summed E-state index contributed by atoms with van der Waals surface area (Å²) >= 11 is 0. The molecule has 1 heterocycles. The predicted molar refractivity (Wildman–Crippen MR) is 49.0 cm³/mol. The van der Waals surface area contributed by atoms with E-state index in [0.717, 1.165) is 0 Å². The number of aromatic nitrogens is 1. The van der Waals surface area contributed by atoms with Crippen LogP contribution in [0.1, 0.15) is 28.2 Å². The first-order chi connectivity index (χ1) is 6.97. The molecule has 15 heavy (non-hydrogen) atoms. The summed E-state index contributed by atoms with van der Waals surface area (Å²) in [5, 5.41) is 0. The number of pyridine rings is 1. The number of halogens is 2. The monoisotopic (exact) mass is 216 g/mol. The molecule has 0 fully saturated rings. The van der Waals surface area contributed by atoms with Crippen LogP contribution >= 0.6 is 0 Å². The van der Waals surface area contributed by atoms with Crippen molar-refractivity contribution in [1.29, 1.82) is 0 Å². The van der Waals surface area contributed by atoms with Crippen molar-refractivity contribution in [3.8, 4) is 5.75 Å². The molecular formula is C9H10F2N2O2. The highest BCUT2D eigenvalue weighted by Gasteiger charge is 2.20. The van der Waals surface area contributed by atoms with Gasteiger partial charge in [-0.1, -0.05) is 0 Å². The van der Waals surface area contributed by atoms with Crippen LogP contribution in [-0.2, 0) is 0 Å². The molecule has 4 nitrogen and oxygen atoms in total. The van der Waals surface area contributed by atoms with E-state index in [1.807, 2.05) is 0 Å². The van der Waals surface area contributed by atoms with Gasteiger partial charge in [0.05, 0.1) is 7.11 Å². The van der Waals surface area contributed by atoms with Gasteiger partial charge in [-0.2, -0.15) is 0 Å². The van der Waals surface area contributed by atoms with Crippen molar-refractivity contribution in [2.24, 2.45) is 5.73 Å². The molecule has 0 saturated carbocycles. The van der Waals surface area contributed by atoms with E-state index in [1.165, 1.54) is 13.2 Å². The predicted octanol–water partition coefficient (Wildman–Crippen LogP) is 1.44. The Morgan fingerprint density at radius 3 is 2.60 bits per heavy atom. The van der Waals surface area contributed by atoms with E-state index < -0.39 is 18.0 Å². The smallest absolute Gasteiger partial charge is 0.284 e. The van der Waals surface area contributed by atoms with Gasteiger partial charge in [-0.25, -0.2) is 13.8 Å². The summed E-state index contributed by atoms with van der Waals surface area (Å²) in [6.45, 7) is 1.55. The molecule has 0 radical (unpaired) electrons. The highest BCUT2D eigenvalue weighted by molar-refractivity contribution is 5.92. The highest BCUT2D eigenvalue weighted by Crippen LogP contribution is 2.28. The van der Waals surface area contributed by atoms with Crippen LogP contribution in [-0.4, -0.2) is 18.0 Å². The fourth-order valence-corrected chi connectivity index (χ4v) is 1.17. The third-order valence-electron chi connectivity index (χ3n) is 1.87. The van der Waals surface area contributed by atoms with Crippen molar-refractivity contribution in [1.82, 2.24) is 4.98 Å². The second-order valence-corrected chi connectivity index (χ2v) is 2.91. The number of primary amides is 1. The fourth-order valence-electron chi connectivity index (χ4n) is 1.17. The van der Waals surface area contributed by atoms with Gasteiger partial charge in [0.15, 0.2) is 0 Å². The van der Waals surface area contributed by atoms with Gasteiger partial charge >= 0.3 is 0 Å². The number of methoxy groups -OCH3 is 1. The minimum Gasteiger partial charge on any atom is -0.495 e. The van der Waals surface area contributed by atoms with Gasteiger partial charge in [0, 0.05) is 0 Å². The average molecular weight is 216 g/mol. The molecule has 0 atom stereocenters. The van der Waals surface area contributed by atoms with Crippen LogP contribution in [0.2, 0.25) is 0 Å². The summed E-state index contributed by atoms with van der Waals surface area (Å²) in [4.78, 5) is 14.4. The number of amides is 1. The van der Waals surface area contributed by atoms with Gasteiger partial charge < -0.3 is 10.5 Å². The van der Waals surface area contributed by atoms with Crippen LogP contribution in [0.4, 0.5) is 8.78 Å². The van der Waals surface area contributed by atoms with Crippen LogP contribution in [0.5, 0.6) is 5.75 Å². The van der Waals surface area contributed by atoms with Crippen LogP contribution in [0.25, 0.3) is 0 Å². The van der Waals surface area contributed by atoms with E-state index in [0.29, 0.717) is 5.56 Å². The molecular weight excluding hydrogens is 206 g/mol. The summed E-state index contributed by atoms with van der Waals surface area (Å²) in [7, 11) is 1.26. The molecule has 0 aromatic carbocycles. The molecule has 0 spiro atoms. The van der Waals surface area contributed by atoms with Gasteiger partial charge in [-0.05, 0) is 18.6 Å². The molecule has 6 heteroatoms. The number of aryl methyl sites for hydroxylation is 1. The topological polar surface area (TPSA) is 65.2 Å². The number of carbonyl (C=O) groups is 1. The SMILES string of the molecule is COc1cc(C)c(C(N)=O)nc1C(F)F. The highest BCUT2D eigenvalue weighted by atomic mass is 19.3. The molecule has 0 unspecified atom stereocenters. The normalized spacial score (nSPS) is 10.5. The maximum atomic E-state index is 12.5. The Bertz CT molecular complexity index is 394. The van der Waals surface area contributed by atoms with Gasteiger partial charge in [-0.15, -0.1) is 0 Å². The lowest BCUT2D eigenvalue weighted by molar-refractivity contribution is 0.0992. The zero-order valence-electron chi connectivity index (χ0n) is 8.25. The van der Waals surface area contributed by atoms with Crippen molar-refractivity contribution >= 4 is 5.91 Å². The number of ether oxygens (including phenoxy) is 1. The molecule has 82 valence electrons. The molecule has 0 bridgehead atoms. The average Bonchev–Trinajstić information content (AvgIpc) is 2.16. The van der Waals surface area contributed by atoms with Crippen molar-refractivity contribution in [2.75, 3.05) is 7.11 Å². The lowest BCUT2D eigenvalue weighted by atomic mass is 10.1. The number of hydrogen-bond donors (Lipinski definition) is 1. The first-order valence-electron chi connectivity index (χ1n) is 4.10. The molecule has 1 rings (SSSR count). The maximum absolute atomic E-state index is 12.5. The Morgan fingerprint density at radius 1 is 1.60 bits per heavy atom. The van der Waals surface area contributed by atoms with E-state index in [-0.39, 0.29) is 11.4 Å². The first-order valence-corrected chi connectivity index (χ1v) is 4.10. The zero-order valence-corrected chi connectivity index (χ0v) is 8.25. The summed E-state index contributed by atoms with van der Waals surface area (Å²) < 4.78 is 29.7. The van der Waals surface area contributed by atoms with Crippen LogP contribution in [0.15, 0.2) is 6.07 Å². The van der Waals surface area contributed by atoms with Crippen LogP contribution < -0.4 is 10.5 Å². The first kappa shape index (κ1) is 11.4. The van der Waals surface area contributed by atoms with E-state index in [1.54, 1.807) is 6.92 Å². The van der Waals surface area contributed by atoms with Crippen molar-refractivity contribution in [2.45, 2.75) is 13.3 Å². The standard InChI is InChI=1S/C9H10F2N2O2/c1-4-3-5(15-2)7(8(10)11)13-6(4)9(12)14/h3,8H,1-2H3,(H2,12,14). The van der Waals surface area contributed by atoms with Gasteiger partial charge in [-0.3, -0.25) is 4.79 Å². The van der Waals surface area contributed by atoms with E-state index in [4.69, 9.17) is 10.5 Å². The number of carbonyl (C=O) groups excluding carboxylic acids is 1. The Labute approximate surface area is 85.1 Å². The summed E-state index contributed by atoms with van der Waals surface area (Å²) in [6.07, 6.45) is -2.81.